The van der Waals surface area contributed by atoms with E-state index in [-0.39, 0.29) is 30.6 Å². The molecule has 0 bridgehead atoms. The lowest BCUT2D eigenvalue weighted by atomic mass is 10.2. The van der Waals surface area contributed by atoms with Crippen molar-refractivity contribution in [2.75, 3.05) is 10.2 Å². The van der Waals surface area contributed by atoms with Gasteiger partial charge < -0.3 is 10.4 Å². The Kier molecular flexibility index (Phi) is 6.65. The highest BCUT2D eigenvalue weighted by molar-refractivity contribution is 8.00. The number of carbonyl (C=O) groups excluding carboxylic acids is 3. The van der Waals surface area contributed by atoms with E-state index in [1.54, 1.807) is 24.3 Å². The Labute approximate surface area is 180 Å². The highest BCUT2D eigenvalue weighted by atomic mass is 32.2. The number of carboxylic acid groups (broad SMARTS) is 1. The molecule has 2 aromatic carbocycles. The van der Waals surface area contributed by atoms with E-state index in [0.29, 0.717) is 10.6 Å². The van der Waals surface area contributed by atoms with Crippen molar-refractivity contribution in [2.24, 2.45) is 0 Å². The summed E-state index contributed by atoms with van der Waals surface area (Å²) in [6.45, 7) is 0. The molecule has 1 aliphatic heterocycles. The van der Waals surface area contributed by atoms with E-state index in [0.717, 1.165) is 4.90 Å². The van der Waals surface area contributed by atoms with Gasteiger partial charge in [0.25, 0.3) is 5.69 Å². The van der Waals surface area contributed by atoms with Gasteiger partial charge in [-0.1, -0.05) is 0 Å². The first-order valence-corrected chi connectivity index (χ1v) is 10.0. The predicted molar refractivity (Wildman–Crippen MR) is 112 cm³/mol. The molecule has 3 rings (SSSR count). The smallest absolute Gasteiger partial charge is 0.303 e. The van der Waals surface area contributed by atoms with E-state index in [1.165, 1.54) is 36.0 Å². The molecular weight excluding hydrogens is 426 g/mol. The number of carbonyl (C=O) groups is 4. The van der Waals surface area contributed by atoms with Crippen LogP contribution in [-0.4, -0.2) is 39.0 Å². The standard InChI is InChI=1S/C20H17N3O7S/c24-17(9-10-19(26)27)21-12-1-7-15(8-2-12)31-16-11-18(25)22(20(16)28)13-3-5-14(6-4-13)23(29)30/h1-8,16H,9-11H2,(H,21,24)(H,26,27). The molecule has 1 saturated heterocycles. The third-order valence-corrected chi connectivity index (χ3v) is 5.60. The molecule has 1 heterocycles. The quantitative estimate of drug-likeness (QED) is 0.360. The average molecular weight is 443 g/mol. The molecule has 1 atom stereocenters. The van der Waals surface area contributed by atoms with Crippen LogP contribution < -0.4 is 10.2 Å². The van der Waals surface area contributed by atoms with Crippen molar-refractivity contribution in [3.05, 3.63) is 58.6 Å². The number of hydrogen-bond donors (Lipinski definition) is 2. The molecule has 0 radical (unpaired) electrons. The van der Waals surface area contributed by atoms with Gasteiger partial charge in [-0.05, 0) is 36.4 Å². The van der Waals surface area contributed by atoms with Gasteiger partial charge in [-0.2, -0.15) is 0 Å². The van der Waals surface area contributed by atoms with Crippen molar-refractivity contribution in [3.63, 3.8) is 0 Å². The topological polar surface area (TPSA) is 147 Å². The predicted octanol–water partition coefficient (Wildman–Crippen LogP) is 2.82. The van der Waals surface area contributed by atoms with Crippen LogP contribution in [0.25, 0.3) is 0 Å². The summed E-state index contributed by atoms with van der Waals surface area (Å²) >= 11 is 1.20. The molecule has 2 aromatic rings. The van der Waals surface area contributed by atoms with Gasteiger partial charge in [0.1, 0.15) is 0 Å². The SMILES string of the molecule is O=C(O)CCC(=O)Nc1ccc(SC2CC(=O)N(c3ccc([N+](=O)[O-])cc3)C2=O)cc1. The number of hydrogen-bond acceptors (Lipinski definition) is 7. The number of nitrogens with zero attached hydrogens (tertiary/aromatic N) is 2. The van der Waals surface area contributed by atoms with Crippen LogP contribution in [0.1, 0.15) is 19.3 Å². The van der Waals surface area contributed by atoms with E-state index in [9.17, 15) is 29.3 Å². The zero-order valence-electron chi connectivity index (χ0n) is 16.0. The zero-order valence-corrected chi connectivity index (χ0v) is 16.8. The lowest BCUT2D eigenvalue weighted by molar-refractivity contribution is -0.384. The first kappa shape index (κ1) is 22.0. The fraction of sp³-hybridized carbons (Fsp3) is 0.200. The molecule has 0 aliphatic carbocycles. The number of non-ortho nitro benzene ring substituents is 1. The van der Waals surface area contributed by atoms with E-state index in [1.807, 2.05) is 0 Å². The van der Waals surface area contributed by atoms with E-state index >= 15 is 0 Å². The summed E-state index contributed by atoms with van der Waals surface area (Å²) < 4.78 is 0. The number of nitro benzene ring substituents is 1. The van der Waals surface area contributed by atoms with Crippen LogP contribution in [0, 0.1) is 10.1 Å². The van der Waals surface area contributed by atoms with Crippen molar-refractivity contribution < 1.29 is 29.2 Å². The molecule has 0 aromatic heterocycles. The van der Waals surface area contributed by atoms with E-state index < -0.39 is 33.9 Å². The Bertz CT molecular complexity index is 1040. The number of amides is 3. The van der Waals surface area contributed by atoms with Crippen molar-refractivity contribution in [3.8, 4) is 0 Å². The van der Waals surface area contributed by atoms with Crippen LogP contribution in [0.4, 0.5) is 17.1 Å². The maximum Gasteiger partial charge on any atom is 0.303 e. The van der Waals surface area contributed by atoms with E-state index in [4.69, 9.17) is 5.11 Å². The fourth-order valence-electron chi connectivity index (χ4n) is 2.92. The van der Waals surface area contributed by atoms with Gasteiger partial charge in [-0.25, -0.2) is 4.90 Å². The lowest BCUT2D eigenvalue weighted by Gasteiger charge is -2.14. The second kappa shape index (κ2) is 9.39. The largest absolute Gasteiger partial charge is 0.481 e. The third-order valence-electron chi connectivity index (χ3n) is 4.41. The minimum atomic E-state index is -1.06. The molecule has 0 spiro atoms. The van der Waals surface area contributed by atoms with E-state index in [2.05, 4.69) is 5.32 Å². The molecule has 160 valence electrons. The molecule has 31 heavy (non-hydrogen) atoms. The molecule has 2 N–H and O–H groups in total. The Morgan fingerprint density at radius 1 is 1.10 bits per heavy atom. The monoisotopic (exact) mass is 443 g/mol. The Hall–Kier alpha value is -3.73. The van der Waals surface area contributed by atoms with Crippen LogP contribution in [0.2, 0.25) is 0 Å². The number of rotatable bonds is 8. The van der Waals surface area contributed by atoms with Crippen molar-refractivity contribution in [1.82, 2.24) is 0 Å². The van der Waals surface area contributed by atoms with Gasteiger partial charge in [0.15, 0.2) is 0 Å². The Morgan fingerprint density at radius 3 is 2.32 bits per heavy atom. The minimum absolute atomic E-state index is 0.00579. The summed E-state index contributed by atoms with van der Waals surface area (Å²) in [6, 6.07) is 11.8. The molecule has 10 nitrogen and oxygen atoms in total. The Balaban J connectivity index is 1.62. The summed E-state index contributed by atoms with van der Waals surface area (Å²) in [6.07, 6.45) is -0.403. The number of imide groups is 1. The van der Waals surface area contributed by atoms with Crippen LogP contribution in [0.5, 0.6) is 0 Å². The number of carboxylic acids is 1. The minimum Gasteiger partial charge on any atom is -0.481 e. The fourth-order valence-corrected chi connectivity index (χ4v) is 3.97. The maximum atomic E-state index is 12.7. The molecule has 3 amide bonds. The molecule has 1 aliphatic rings. The first-order valence-electron chi connectivity index (χ1n) is 9.14. The number of nitrogens with one attached hydrogen (secondary N) is 1. The highest BCUT2D eigenvalue weighted by Gasteiger charge is 2.40. The summed E-state index contributed by atoms with van der Waals surface area (Å²) in [5, 5.41) is 21.3. The summed E-state index contributed by atoms with van der Waals surface area (Å²) in [4.78, 5) is 59.2. The first-order chi connectivity index (χ1) is 14.7. The Morgan fingerprint density at radius 2 is 1.74 bits per heavy atom. The maximum absolute atomic E-state index is 12.7. The molecule has 0 saturated carbocycles. The number of nitro groups is 1. The summed E-state index contributed by atoms with van der Waals surface area (Å²) in [7, 11) is 0. The molecule has 1 unspecified atom stereocenters. The van der Waals surface area contributed by atoms with Gasteiger partial charge >= 0.3 is 5.97 Å². The van der Waals surface area contributed by atoms with Gasteiger partial charge in [-0.3, -0.25) is 29.3 Å². The third kappa shape index (κ3) is 5.45. The normalized spacial score (nSPS) is 15.7. The van der Waals surface area contributed by atoms with Gasteiger partial charge in [0, 0.05) is 35.6 Å². The number of aliphatic carboxylic acids is 1. The highest BCUT2D eigenvalue weighted by Crippen LogP contribution is 2.34. The molecule has 1 fully saturated rings. The van der Waals surface area contributed by atoms with Gasteiger partial charge in [0.2, 0.25) is 17.7 Å². The second-order valence-electron chi connectivity index (χ2n) is 6.62. The number of anilines is 2. The molecular formula is C20H17N3O7S. The number of benzene rings is 2. The summed E-state index contributed by atoms with van der Waals surface area (Å²) in [5.74, 6) is -2.27. The van der Waals surface area contributed by atoms with Crippen LogP contribution in [-0.2, 0) is 19.2 Å². The van der Waals surface area contributed by atoms with Crippen LogP contribution in [0.15, 0.2) is 53.4 Å². The van der Waals surface area contributed by atoms with Crippen molar-refractivity contribution in [1.29, 1.82) is 0 Å². The zero-order chi connectivity index (χ0) is 22.5. The van der Waals surface area contributed by atoms with Gasteiger partial charge in [0.05, 0.1) is 22.3 Å². The van der Waals surface area contributed by atoms with Crippen molar-refractivity contribution >= 4 is 52.5 Å². The van der Waals surface area contributed by atoms with Crippen molar-refractivity contribution in [2.45, 2.75) is 29.4 Å². The second-order valence-corrected chi connectivity index (χ2v) is 7.89. The lowest BCUT2D eigenvalue weighted by Crippen LogP contribution is -2.31. The van der Waals surface area contributed by atoms with Crippen LogP contribution in [0.3, 0.4) is 0 Å². The summed E-state index contributed by atoms with van der Waals surface area (Å²) in [5.41, 5.74) is 0.633. The molecule has 11 heteroatoms. The average Bonchev–Trinajstić information content (AvgIpc) is 3.01. The van der Waals surface area contributed by atoms with Crippen LogP contribution >= 0.6 is 11.8 Å². The van der Waals surface area contributed by atoms with Gasteiger partial charge in [-0.15, -0.1) is 11.8 Å². The number of thioether (sulfide) groups is 1.